The van der Waals surface area contributed by atoms with Crippen molar-refractivity contribution < 1.29 is 4.74 Å². The van der Waals surface area contributed by atoms with Gasteiger partial charge in [-0.3, -0.25) is 5.41 Å². The van der Waals surface area contributed by atoms with Crippen LogP contribution in [0, 0.1) is 5.41 Å². The molecule has 0 aliphatic heterocycles. The van der Waals surface area contributed by atoms with Crippen LogP contribution >= 0.6 is 12.4 Å². The Balaban J connectivity index is 0.00000128. The summed E-state index contributed by atoms with van der Waals surface area (Å²) in [6, 6.07) is 14.0. The molecule has 0 aliphatic carbocycles. The van der Waals surface area contributed by atoms with Crippen LogP contribution < -0.4 is 0 Å². The Morgan fingerprint density at radius 2 is 1.81 bits per heavy atom. The number of fused-ring (bicyclic) bond motifs is 1. The van der Waals surface area contributed by atoms with E-state index in [-0.39, 0.29) is 18.3 Å². The lowest BCUT2D eigenvalue weighted by Crippen LogP contribution is -2.04. The van der Waals surface area contributed by atoms with E-state index in [1.807, 2.05) is 43.3 Å². The van der Waals surface area contributed by atoms with Crippen molar-refractivity contribution in [1.82, 2.24) is 0 Å². The molecule has 0 radical (unpaired) electrons. The minimum absolute atomic E-state index is 0. The fourth-order valence-electron chi connectivity index (χ4n) is 1.56. The van der Waals surface area contributed by atoms with Gasteiger partial charge in [0, 0.05) is 5.56 Å². The summed E-state index contributed by atoms with van der Waals surface area (Å²) in [7, 11) is 0. The topological polar surface area (TPSA) is 33.1 Å². The SMILES string of the molecule is CCOC(=N)c1ccc2ccccc2c1.Cl. The number of ether oxygens (including phenoxy) is 1. The van der Waals surface area contributed by atoms with E-state index in [1.54, 1.807) is 0 Å². The Labute approximate surface area is 101 Å². The smallest absolute Gasteiger partial charge is 0.213 e. The summed E-state index contributed by atoms with van der Waals surface area (Å²) >= 11 is 0. The third kappa shape index (κ3) is 2.52. The molecule has 2 rings (SSSR count). The third-order valence-electron chi connectivity index (χ3n) is 2.30. The van der Waals surface area contributed by atoms with Crippen LogP contribution in [0.15, 0.2) is 42.5 Å². The first kappa shape index (κ1) is 12.5. The van der Waals surface area contributed by atoms with Gasteiger partial charge in [-0.25, -0.2) is 0 Å². The van der Waals surface area contributed by atoms with E-state index in [2.05, 4.69) is 6.07 Å². The van der Waals surface area contributed by atoms with Gasteiger partial charge in [0.25, 0.3) is 0 Å². The number of halogens is 1. The van der Waals surface area contributed by atoms with Crippen LogP contribution in [0.2, 0.25) is 0 Å². The first-order valence-electron chi connectivity index (χ1n) is 5.02. The quantitative estimate of drug-likeness (QED) is 0.626. The molecule has 0 atom stereocenters. The van der Waals surface area contributed by atoms with Crippen LogP contribution in [0.1, 0.15) is 12.5 Å². The number of nitrogens with one attached hydrogen (secondary N) is 1. The van der Waals surface area contributed by atoms with Gasteiger partial charge in [-0.05, 0) is 29.8 Å². The first-order valence-corrected chi connectivity index (χ1v) is 5.02. The summed E-state index contributed by atoms with van der Waals surface area (Å²) in [6.07, 6.45) is 0. The molecule has 0 bridgehead atoms. The first-order chi connectivity index (χ1) is 7.31. The molecule has 0 fully saturated rings. The van der Waals surface area contributed by atoms with Gasteiger partial charge in [0.2, 0.25) is 5.90 Å². The number of rotatable bonds is 2. The molecule has 0 aromatic heterocycles. The summed E-state index contributed by atoms with van der Waals surface area (Å²) in [4.78, 5) is 0. The van der Waals surface area contributed by atoms with Gasteiger partial charge in [-0.15, -0.1) is 12.4 Å². The van der Waals surface area contributed by atoms with Crippen LogP contribution in [0.5, 0.6) is 0 Å². The molecule has 3 heteroatoms. The Morgan fingerprint density at radius 1 is 1.12 bits per heavy atom. The maximum absolute atomic E-state index is 7.68. The van der Waals surface area contributed by atoms with Crippen molar-refractivity contribution in [2.24, 2.45) is 0 Å². The predicted molar refractivity (Wildman–Crippen MR) is 69.7 cm³/mol. The zero-order valence-electron chi connectivity index (χ0n) is 9.07. The average Bonchev–Trinajstić information content (AvgIpc) is 2.29. The molecule has 0 saturated heterocycles. The lowest BCUT2D eigenvalue weighted by molar-refractivity contribution is 0.325. The molecule has 0 aliphatic rings. The van der Waals surface area contributed by atoms with Gasteiger partial charge in [-0.2, -0.15) is 0 Å². The average molecular weight is 236 g/mol. The van der Waals surface area contributed by atoms with Gasteiger partial charge < -0.3 is 4.74 Å². The third-order valence-corrected chi connectivity index (χ3v) is 2.30. The fraction of sp³-hybridized carbons (Fsp3) is 0.154. The van der Waals surface area contributed by atoms with Crippen molar-refractivity contribution in [3.05, 3.63) is 48.0 Å². The Morgan fingerprint density at radius 3 is 2.50 bits per heavy atom. The van der Waals surface area contributed by atoms with E-state index in [1.165, 1.54) is 5.39 Å². The highest BCUT2D eigenvalue weighted by molar-refractivity contribution is 5.96. The maximum Gasteiger partial charge on any atom is 0.213 e. The van der Waals surface area contributed by atoms with Gasteiger partial charge in [0.05, 0.1) is 6.61 Å². The number of benzene rings is 2. The summed E-state index contributed by atoms with van der Waals surface area (Å²) in [5, 5.41) is 10.0. The lowest BCUT2D eigenvalue weighted by Gasteiger charge is -2.05. The second-order valence-corrected chi connectivity index (χ2v) is 3.32. The molecule has 1 N–H and O–H groups in total. The van der Waals surface area contributed by atoms with Crippen LogP contribution in [0.3, 0.4) is 0 Å². The van der Waals surface area contributed by atoms with Crippen LogP contribution in [-0.4, -0.2) is 12.5 Å². The Bertz CT molecular complexity index is 496. The van der Waals surface area contributed by atoms with Crippen molar-refractivity contribution in [2.75, 3.05) is 6.61 Å². The van der Waals surface area contributed by atoms with Crippen molar-refractivity contribution in [1.29, 1.82) is 5.41 Å². The molecular formula is C13H14ClNO. The minimum Gasteiger partial charge on any atom is -0.478 e. The molecule has 0 heterocycles. The summed E-state index contributed by atoms with van der Waals surface area (Å²) in [5.41, 5.74) is 0.829. The Hall–Kier alpha value is -1.54. The highest BCUT2D eigenvalue weighted by Crippen LogP contribution is 2.16. The highest BCUT2D eigenvalue weighted by atomic mass is 35.5. The van der Waals surface area contributed by atoms with Gasteiger partial charge in [0.15, 0.2) is 0 Å². The van der Waals surface area contributed by atoms with Crippen molar-refractivity contribution in [3.63, 3.8) is 0 Å². The number of hydrogen-bond acceptors (Lipinski definition) is 2. The maximum atomic E-state index is 7.68. The normalized spacial score (nSPS) is 9.56. The molecule has 0 spiro atoms. The lowest BCUT2D eigenvalue weighted by atomic mass is 10.1. The van der Waals surface area contributed by atoms with E-state index in [4.69, 9.17) is 10.1 Å². The molecule has 2 nitrogen and oxygen atoms in total. The van der Waals surface area contributed by atoms with Gasteiger partial charge >= 0.3 is 0 Å². The zero-order chi connectivity index (χ0) is 10.7. The van der Waals surface area contributed by atoms with E-state index in [9.17, 15) is 0 Å². The molecule has 2 aromatic rings. The van der Waals surface area contributed by atoms with E-state index < -0.39 is 0 Å². The minimum atomic E-state index is 0. The van der Waals surface area contributed by atoms with Crippen LogP contribution in [-0.2, 0) is 4.74 Å². The molecule has 16 heavy (non-hydrogen) atoms. The molecular weight excluding hydrogens is 222 g/mol. The highest BCUT2D eigenvalue weighted by Gasteiger charge is 2.02. The molecule has 2 aromatic carbocycles. The van der Waals surface area contributed by atoms with Crippen molar-refractivity contribution in [2.45, 2.75) is 6.92 Å². The van der Waals surface area contributed by atoms with Crippen molar-refractivity contribution in [3.8, 4) is 0 Å². The van der Waals surface area contributed by atoms with E-state index in [0.717, 1.165) is 10.9 Å². The van der Waals surface area contributed by atoms with Gasteiger partial charge in [0.1, 0.15) is 0 Å². The predicted octanol–water partition coefficient (Wildman–Crippen LogP) is 3.62. The largest absolute Gasteiger partial charge is 0.478 e. The molecule has 84 valence electrons. The second-order valence-electron chi connectivity index (χ2n) is 3.32. The molecule has 0 amide bonds. The summed E-state index contributed by atoms with van der Waals surface area (Å²) in [6.45, 7) is 2.42. The summed E-state index contributed by atoms with van der Waals surface area (Å²) in [5.74, 6) is 0.239. The van der Waals surface area contributed by atoms with E-state index >= 15 is 0 Å². The zero-order valence-corrected chi connectivity index (χ0v) is 9.88. The Kier molecular flexibility index (Phi) is 4.32. The van der Waals surface area contributed by atoms with Crippen molar-refractivity contribution >= 4 is 29.1 Å². The van der Waals surface area contributed by atoms with Crippen LogP contribution in [0.25, 0.3) is 10.8 Å². The molecule has 0 unspecified atom stereocenters. The van der Waals surface area contributed by atoms with Gasteiger partial charge in [-0.1, -0.05) is 30.3 Å². The summed E-state index contributed by atoms with van der Waals surface area (Å²) < 4.78 is 5.16. The standard InChI is InChI=1S/C13H13NO.ClH/c1-2-15-13(14)12-8-7-10-5-3-4-6-11(10)9-12;/h3-9,14H,2H2,1H3;1H. The van der Waals surface area contributed by atoms with E-state index in [0.29, 0.717) is 6.61 Å². The monoisotopic (exact) mass is 235 g/mol. The number of hydrogen-bond donors (Lipinski definition) is 1. The van der Waals surface area contributed by atoms with Crippen LogP contribution in [0.4, 0.5) is 0 Å². The fourth-order valence-corrected chi connectivity index (χ4v) is 1.56. The second kappa shape index (κ2) is 5.52. The molecule has 0 saturated carbocycles.